The van der Waals surface area contributed by atoms with E-state index in [0.717, 1.165) is 32.2 Å². The first kappa shape index (κ1) is 12.8. The average Bonchev–Trinajstić information content (AvgIpc) is 2.25. The smallest absolute Gasteiger partial charge is 0.223 e. The first-order chi connectivity index (χ1) is 7.20. The molecule has 1 rings (SSSR count). The van der Waals surface area contributed by atoms with Crippen LogP contribution >= 0.6 is 11.6 Å². The molecule has 1 aliphatic rings. The second kappa shape index (κ2) is 7.10. The first-order valence-electron chi connectivity index (χ1n) is 6.12. The Kier molecular flexibility index (Phi) is 6.07. The lowest BCUT2D eigenvalue weighted by Crippen LogP contribution is -2.32. The van der Waals surface area contributed by atoms with E-state index in [9.17, 15) is 4.79 Å². The Morgan fingerprint density at radius 2 is 2.07 bits per heavy atom. The van der Waals surface area contributed by atoms with Crippen LogP contribution in [0.2, 0.25) is 0 Å². The number of halogens is 1. The largest absolute Gasteiger partial charge is 0.356 e. The molecule has 3 heteroatoms. The lowest BCUT2D eigenvalue weighted by atomic mass is 9.89. The van der Waals surface area contributed by atoms with Gasteiger partial charge in [0.2, 0.25) is 5.91 Å². The Bertz CT molecular complexity index is 188. The molecule has 1 saturated carbocycles. The van der Waals surface area contributed by atoms with Crippen LogP contribution in [0, 0.1) is 5.92 Å². The highest BCUT2D eigenvalue weighted by atomic mass is 35.5. The zero-order chi connectivity index (χ0) is 11.1. The van der Waals surface area contributed by atoms with Crippen LogP contribution in [0.3, 0.4) is 0 Å². The second-order valence-corrected chi connectivity index (χ2v) is 5.29. The molecule has 0 aromatic heterocycles. The highest BCUT2D eigenvalue weighted by molar-refractivity contribution is 6.20. The highest BCUT2D eigenvalue weighted by Crippen LogP contribution is 2.23. The molecule has 15 heavy (non-hydrogen) atoms. The molecule has 1 amide bonds. The summed E-state index contributed by atoms with van der Waals surface area (Å²) in [5.41, 5.74) is 0. The predicted molar refractivity (Wildman–Crippen MR) is 64.1 cm³/mol. The van der Waals surface area contributed by atoms with Crippen LogP contribution in [-0.2, 0) is 4.79 Å². The van der Waals surface area contributed by atoms with Crippen LogP contribution in [0.15, 0.2) is 0 Å². The third-order valence-electron chi connectivity index (χ3n) is 3.05. The molecule has 0 saturated heterocycles. The van der Waals surface area contributed by atoms with Gasteiger partial charge in [0.25, 0.3) is 0 Å². The van der Waals surface area contributed by atoms with Gasteiger partial charge in [-0.1, -0.05) is 19.3 Å². The van der Waals surface area contributed by atoms with Gasteiger partial charge in [-0.2, -0.15) is 0 Å². The van der Waals surface area contributed by atoms with Crippen molar-refractivity contribution in [2.45, 2.75) is 57.2 Å². The predicted octanol–water partition coefficient (Wildman–Crippen LogP) is 3.09. The van der Waals surface area contributed by atoms with E-state index in [2.05, 4.69) is 5.32 Å². The molecule has 0 spiro atoms. The minimum absolute atomic E-state index is 0.219. The van der Waals surface area contributed by atoms with Gasteiger partial charge in [0.05, 0.1) is 0 Å². The Morgan fingerprint density at radius 1 is 1.40 bits per heavy atom. The zero-order valence-electron chi connectivity index (χ0n) is 9.60. The van der Waals surface area contributed by atoms with E-state index in [4.69, 9.17) is 11.6 Å². The lowest BCUT2D eigenvalue weighted by molar-refractivity contribution is -0.125. The number of rotatable bonds is 5. The molecule has 0 aromatic carbocycles. The second-order valence-electron chi connectivity index (χ2n) is 4.55. The molecule has 88 valence electrons. The number of hydrogen-bond donors (Lipinski definition) is 1. The monoisotopic (exact) mass is 231 g/mol. The maximum absolute atomic E-state index is 11.7. The van der Waals surface area contributed by atoms with Gasteiger partial charge in [-0.05, 0) is 32.6 Å². The van der Waals surface area contributed by atoms with Gasteiger partial charge >= 0.3 is 0 Å². The Labute approximate surface area is 97.8 Å². The standard InChI is InChI=1S/C12H22ClNO/c1-10(13)6-5-9-14-12(15)11-7-3-2-4-8-11/h10-11H,2-9H2,1H3,(H,14,15). The van der Waals surface area contributed by atoms with Crippen molar-refractivity contribution in [3.05, 3.63) is 0 Å². The topological polar surface area (TPSA) is 29.1 Å². The molecule has 0 heterocycles. The van der Waals surface area contributed by atoms with Crippen LogP contribution in [-0.4, -0.2) is 17.8 Å². The van der Waals surface area contributed by atoms with Crippen molar-refractivity contribution in [3.8, 4) is 0 Å². The number of nitrogens with one attached hydrogen (secondary N) is 1. The molecule has 0 bridgehead atoms. The third-order valence-corrected chi connectivity index (χ3v) is 3.27. The first-order valence-corrected chi connectivity index (χ1v) is 6.55. The van der Waals surface area contributed by atoms with E-state index in [-0.39, 0.29) is 17.2 Å². The van der Waals surface area contributed by atoms with Crippen molar-refractivity contribution in [1.29, 1.82) is 0 Å². The summed E-state index contributed by atoms with van der Waals surface area (Å²) in [5, 5.41) is 3.23. The SMILES string of the molecule is CC(Cl)CCCNC(=O)C1CCCCC1. The number of alkyl halides is 1. The Morgan fingerprint density at radius 3 is 2.67 bits per heavy atom. The highest BCUT2D eigenvalue weighted by Gasteiger charge is 2.20. The summed E-state index contributed by atoms with van der Waals surface area (Å²) in [6.45, 7) is 2.77. The molecule has 1 fully saturated rings. The van der Waals surface area contributed by atoms with Crippen molar-refractivity contribution >= 4 is 17.5 Å². The van der Waals surface area contributed by atoms with Crippen molar-refractivity contribution < 1.29 is 4.79 Å². The molecule has 1 atom stereocenters. The fraction of sp³-hybridized carbons (Fsp3) is 0.917. The molecule has 1 unspecified atom stereocenters. The molecule has 2 nitrogen and oxygen atoms in total. The van der Waals surface area contributed by atoms with E-state index >= 15 is 0 Å². The number of carbonyl (C=O) groups is 1. The van der Waals surface area contributed by atoms with E-state index in [1.54, 1.807) is 0 Å². The molecule has 0 aromatic rings. The van der Waals surface area contributed by atoms with Gasteiger partial charge in [0.15, 0.2) is 0 Å². The third kappa shape index (κ3) is 5.41. The fourth-order valence-corrected chi connectivity index (χ4v) is 2.26. The summed E-state index contributed by atoms with van der Waals surface area (Å²) in [7, 11) is 0. The van der Waals surface area contributed by atoms with Crippen LogP contribution in [0.1, 0.15) is 51.9 Å². The number of hydrogen-bond acceptors (Lipinski definition) is 1. The van der Waals surface area contributed by atoms with Crippen LogP contribution in [0.4, 0.5) is 0 Å². The summed E-state index contributed by atoms with van der Waals surface area (Å²) in [5.74, 6) is 0.545. The fourth-order valence-electron chi connectivity index (χ4n) is 2.10. The van der Waals surface area contributed by atoms with Gasteiger partial charge in [0, 0.05) is 17.8 Å². The number of carbonyl (C=O) groups excluding carboxylic acids is 1. The van der Waals surface area contributed by atoms with E-state index in [1.807, 2.05) is 6.92 Å². The molecule has 1 aliphatic carbocycles. The summed E-state index contributed by atoms with van der Waals surface area (Å²) < 4.78 is 0. The van der Waals surface area contributed by atoms with E-state index in [0.29, 0.717) is 0 Å². The molecular formula is C12H22ClNO. The maximum Gasteiger partial charge on any atom is 0.223 e. The minimum Gasteiger partial charge on any atom is -0.356 e. The maximum atomic E-state index is 11.7. The number of amides is 1. The summed E-state index contributed by atoms with van der Waals surface area (Å²) in [6.07, 6.45) is 7.87. The summed E-state index contributed by atoms with van der Waals surface area (Å²) in [6, 6.07) is 0. The van der Waals surface area contributed by atoms with Crippen molar-refractivity contribution in [2.24, 2.45) is 5.92 Å². The average molecular weight is 232 g/mol. The Hall–Kier alpha value is -0.240. The van der Waals surface area contributed by atoms with E-state index in [1.165, 1.54) is 19.3 Å². The molecule has 0 radical (unpaired) electrons. The Balaban J connectivity index is 2.07. The van der Waals surface area contributed by atoms with Crippen LogP contribution in [0.5, 0.6) is 0 Å². The van der Waals surface area contributed by atoms with Gasteiger partial charge < -0.3 is 5.32 Å². The van der Waals surface area contributed by atoms with Gasteiger partial charge in [-0.15, -0.1) is 11.6 Å². The molecular weight excluding hydrogens is 210 g/mol. The molecule has 0 aliphatic heterocycles. The quantitative estimate of drug-likeness (QED) is 0.572. The summed E-state index contributed by atoms with van der Waals surface area (Å²) >= 11 is 5.83. The minimum atomic E-state index is 0.219. The zero-order valence-corrected chi connectivity index (χ0v) is 10.4. The lowest BCUT2D eigenvalue weighted by Gasteiger charge is -2.20. The summed E-state index contributed by atoms with van der Waals surface area (Å²) in [4.78, 5) is 11.7. The van der Waals surface area contributed by atoms with Crippen LogP contribution in [0.25, 0.3) is 0 Å². The van der Waals surface area contributed by atoms with Gasteiger partial charge in [-0.25, -0.2) is 0 Å². The van der Waals surface area contributed by atoms with Crippen molar-refractivity contribution in [3.63, 3.8) is 0 Å². The van der Waals surface area contributed by atoms with Gasteiger partial charge in [0.1, 0.15) is 0 Å². The molecule has 1 N–H and O–H groups in total. The van der Waals surface area contributed by atoms with Crippen molar-refractivity contribution in [2.75, 3.05) is 6.54 Å². The van der Waals surface area contributed by atoms with E-state index < -0.39 is 0 Å². The van der Waals surface area contributed by atoms with Crippen LogP contribution < -0.4 is 5.32 Å². The van der Waals surface area contributed by atoms with Gasteiger partial charge in [-0.3, -0.25) is 4.79 Å². The normalized spacial score (nSPS) is 19.9. The van der Waals surface area contributed by atoms with Crippen molar-refractivity contribution in [1.82, 2.24) is 5.32 Å².